The normalized spacial score (nSPS) is 17.0. The van der Waals surface area contributed by atoms with E-state index in [1.165, 1.54) is 11.1 Å². The molecule has 29 heavy (non-hydrogen) atoms. The highest BCUT2D eigenvalue weighted by atomic mass is 16.4. The molecule has 148 valence electrons. The van der Waals surface area contributed by atoms with Crippen LogP contribution in [-0.4, -0.2) is 16.9 Å². The van der Waals surface area contributed by atoms with Crippen molar-refractivity contribution in [2.24, 2.45) is 0 Å². The fraction of sp³-hybridized carbons (Fsp3) is 0.308. The van der Waals surface area contributed by atoms with Crippen LogP contribution in [0.15, 0.2) is 54.6 Å². The number of benzene rings is 3. The fourth-order valence-electron chi connectivity index (χ4n) is 4.42. The predicted octanol–water partition coefficient (Wildman–Crippen LogP) is 6.12. The number of hydrogen-bond acceptors (Lipinski definition) is 2. The number of ketones is 1. The largest absolute Gasteiger partial charge is 0.478 e. The van der Waals surface area contributed by atoms with Crippen LogP contribution < -0.4 is 0 Å². The minimum Gasteiger partial charge on any atom is -0.478 e. The lowest BCUT2D eigenvalue weighted by molar-refractivity contribution is 0.0697. The molecule has 0 fully saturated rings. The quantitative estimate of drug-likeness (QED) is 0.552. The molecule has 3 heteroatoms. The van der Waals surface area contributed by atoms with Gasteiger partial charge >= 0.3 is 5.97 Å². The zero-order valence-electron chi connectivity index (χ0n) is 17.4. The van der Waals surface area contributed by atoms with E-state index < -0.39 is 5.97 Å². The van der Waals surface area contributed by atoms with Gasteiger partial charge < -0.3 is 5.11 Å². The van der Waals surface area contributed by atoms with Gasteiger partial charge in [0, 0.05) is 11.1 Å². The zero-order valence-corrected chi connectivity index (χ0v) is 17.4. The van der Waals surface area contributed by atoms with Gasteiger partial charge in [0.2, 0.25) is 0 Å². The lowest BCUT2D eigenvalue weighted by atomic mass is 9.63. The first kappa shape index (κ1) is 19.4. The summed E-state index contributed by atoms with van der Waals surface area (Å²) in [7, 11) is 0. The molecule has 0 aliphatic heterocycles. The Labute approximate surface area is 171 Å². The van der Waals surface area contributed by atoms with Crippen LogP contribution >= 0.6 is 0 Å². The number of carbonyl (C=O) groups excluding carboxylic acids is 1. The number of rotatable bonds is 3. The summed E-state index contributed by atoms with van der Waals surface area (Å²) in [5.74, 6) is -0.956. The number of carboxylic acid groups (broad SMARTS) is 1. The lowest BCUT2D eigenvalue weighted by Crippen LogP contribution is -2.34. The van der Waals surface area contributed by atoms with Crippen molar-refractivity contribution in [3.8, 4) is 0 Å². The Balaban J connectivity index is 1.75. The molecular weight excluding hydrogens is 360 g/mol. The number of hydrogen-bond donors (Lipinski definition) is 1. The van der Waals surface area contributed by atoms with Crippen molar-refractivity contribution in [2.45, 2.75) is 51.4 Å². The first-order chi connectivity index (χ1) is 13.6. The van der Waals surface area contributed by atoms with Crippen LogP contribution in [0.1, 0.15) is 77.9 Å². The third-order valence-corrected chi connectivity index (χ3v) is 6.46. The molecule has 3 aromatic rings. The van der Waals surface area contributed by atoms with Gasteiger partial charge in [-0.15, -0.1) is 0 Å². The van der Waals surface area contributed by atoms with E-state index in [0.717, 1.165) is 23.6 Å². The van der Waals surface area contributed by atoms with E-state index in [1.54, 1.807) is 24.3 Å². The smallest absolute Gasteiger partial charge is 0.335 e. The van der Waals surface area contributed by atoms with Crippen molar-refractivity contribution in [3.63, 3.8) is 0 Å². The number of carbonyl (C=O) groups is 2. The Morgan fingerprint density at radius 3 is 1.79 bits per heavy atom. The molecule has 0 heterocycles. The van der Waals surface area contributed by atoms with E-state index in [2.05, 4.69) is 39.8 Å². The summed E-state index contributed by atoms with van der Waals surface area (Å²) in [5.41, 5.74) is 4.35. The summed E-state index contributed by atoms with van der Waals surface area (Å²) in [5, 5.41) is 10.8. The SMILES string of the molecule is CC1(C)CCC(C)(C)c2cc(C(=O)c3ccc4cc(C(=O)O)ccc4c3)ccc21. The molecule has 0 saturated carbocycles. The van der Waals surface area contributed by atoms with Gasteiger partial charge in [-0.1, -0.05) is 58.0 Å². The van der Waals surface area contributed by atoms with Gasteiger partial charge in [-0.3, -0.25) is 4.79 Å². The molecule has 0 saturated heterocycles. The Bertz CT molecular complexity index is 1150. The molecule has 0 amide bonds. The molecule has 0 bridgehead atoms. The molecule has 0 atom stereocenters. The van der Waals surface area contributed by atoms with Gasteiger partial charge in [-0.2, -0.15) is 0 Å². The van der Waals surface area contributed by atoms with Crippen LogP contribution in [0, 0.1) is 0 Å². The lowest BCUT2D eigenvalue weighted by Gasteiger charge is -2.42. The maximum Gasteiger partial charge on any atom is 0.335 e. The van der Waals surface area contributed by atoms with Crippen molar-refractivity contribution in [3.05, 3.63) is 82.4 Å². The average Bonchev–Trinajstić information content (AvgIpc) is 2.70. The Kier molecular flexibility index (Phi) is 4.38. The van der Waals surface area contributed by atoms with Gasteiger partial charge in [0.1, 0.15) is 0 Å². The Morgan fingerprint density at radius 2 is 1.17 bits per heavy atom. The highest BCUT2D eigenvalue weighted by molar-refractivity contribution is 6.11. The second-order valence-electron chi connectivity index (χ2n) is 9.44. The second kappa shape index (κ2) is 6.55. The van der Waals surface area contributed by atoms with E-state index in [9.17, 15) is 9.59 Å². The van der Waals surface area contributed by atoms with Crippen molar-refractivity contribution in [1.82, 2.24) is 0 Å². The Hall–Kier alpha value is -2.94. The van der Waals surface area contributed by atoms with E-state index in [-0.39, 0.29) is 22.2 Å². The standard InChI is InChI=1S/C26H26O3/c1-25(2)11-12-26(3,4)22-15-19(9-10-21(22)25)23(27)18-7-5-17-14-20(24(28)29)8-6-16(17)13-18/h5-10,13-15H,11-12H2,1-4H3,(H,28,29). The molecule has 4 rings (SSSR count). The maximum absolute atomic E-state index is 13.2. The fourth-order valence-corrected chi connectivity index (χ4v) is 4.42. The summed E-state index contributed by atoms with van der Waals surface area (Å²) < 4.78 is 0. The van der Waals surface area contributed by atoms with E-state index in [4.69, 9.17) is 5.11 Å². The van der Waals surface area contributed by atoms with Gasteiger partial charge in [0.05, 0.1) is 5.56 Å². The summed E-state index contributed by atoms with van der Waals surface area (Å²) in [6.07, 6.45) is 2.25. The average molecular weight is 386 g/mol. The molecule has 3 aromatic carbocycles. The summed E-state index contributed by atoms with van der Waals surface area (Å²) in [4.78, 5) is 24.4. The topological polar surface area (TPSA) is 54.4 Å². The zero-order chi connectivity index (χ0) is 21.0. The van der Waals surface area contributed by atoms with Gasteiger partial charge in [-0.05, 0) is 69.8 Å². The molecule has 0 radical (unpaired) electrons. The highest BCUT2D eigenvalue weighted by Gasteiger charge is 2.37. The molecule has 0 aromatic heterocycles. The van der Waals surface area contributed by atoms with Crippen molar-refractivity contribution < 1.29 is 14.7 Å². The van der Waals surface area contributed by atoms with Crippen molar-refractivity contribution in [1.29, 1.82) is 0 Å². The van der Waals surface area contributed by atoms with Gasteiger partial charge in [0.25, 0.3) is 0 Å². The van der Waals surface area contributed by atoms with Crippen LogP contribution in [-0.2, 0) is 10.8 Å². The first-order valence-electron chi connectivity index (χ1n) is 10.1. The highest BCUT2D eigenvalue weighted by Crippen LogP contribution is 2.46. The van der Waals surface area contributed by atoms with Crippen molar-refractivity contribution in [2.75, 3.05) is 0 Å². The van der Waals surface area contributed by atoms with Gasteiger partial charge in [-0.25, -0.2) is 4.79 Å². The van der Waals surface area contributed by atoms with Crippen LogP contribution in [0.5, 0.6) is 0 Å². The Morgan fingerprint density at radius 1 is 0.690 bits per heavy atom. The monoisotopic (exact) mass is 386 g/mol. The molecular formula is C26H26O3. The molecule has 1 N–H and O–H groups in total. The van der Waals surface area contributed by atoms with Crippen LogP contribution in [0.25, 0.3) is 10.8 Å². The van der Waals surface area contributed by atoms with Gasteiger partial charge in [0.15, 0.2) is 5.78 Å². The third kappa shape index (κ3) is 3.35. The van der Waals surface area contributed by atoms with Crippen LogP contribution in [0.3, 0.4) is 0 Å². The summed E-state index contributed by atoms with van der Waals surface area (Å²) >= 11 is 0. The van der Waals surface area contributed by atoms with E-state index in [1.807, 2.05) is 18.2 Å². The minimum absolute atomic E-state index is 0.00353. The molecule has 1 aliphatic rings. The first-order valence-corrected chi connectivity index (χ1v) is 10.1. The molecule has 1 aliphatic carbocycles. The van der Waals surface area contributed by atoms with Crippen LogP contribution in [0.2, 0.25) is 0 Å². The van der Waals surface area contributed by atoms with E-state index in [0.29, 0.717) is 11.1 Å². The summed E-state index contributed by atoms with van der Waals surface area (Å²) in [6, 6.07) is 16.6. The summed E-state index contributed by atoms with van der Waals surface area (Å²) in [6.45, 7) is 9.06. The predicted molar refractivity (Wildman–Crippen MR) is 116 cm³/mol. The van der Waals surface area contributed by atoms with E-state index >= 15 is 0 Å². The maximum atomic E-state index is 13.2. The number of aromatic carboxylic acids is 1. The molecule has 3 nitrogen and oxygen atoms in total. The molecule has 0 unspecified atom stereocenters. The molecule has 0 spiro atoms. The number of fused-ring (bicyclic) bond motifs is 2. The third-order valence-electron chi connectivity index (χ3n) is 6.46. The van der Waals surface area contributed by atoms with Crippen molar-refractivity contribution >= 4 is 22.5 Å². The van der Waals surface area contributed by atoms with Crippen LogP contribution in [0.4, 0.5) is 0 Å². The minimum atomic E-state index is -0.952. The number of carboxylic acids is 1. The second-order valence-corrected chi connectivity index (χ2v) is 9.44.